The molecule has 4 saturated carbocycles. The van der Waals surface area contributed by atoms with E-state index in [2.05, 4.69) is 34.6 Å². The van der Waals surface area contributed by atoms with Crippen LogP contribution < -0.4 is 0 Å². The first kappa shape index (κ1) is 26.4. The molecule has 0 unspecified atom stereocenters. The summed E-state index contributed by atoms with van der Waals surface area (Å²) < 4.78 is 13.5. The van der Waals surface area contributed by atoms with Crippen LogP contribution in [0.1, 0.15) is 111 Å². The van der Waals surface area contributed by atoms with Gasteiger partial charge in [0.05, 0.1) is 0 Å². The van der Waals surface area contributed by atoms with Gasteiger partial charge in [-0.3, -0.25) is 4.79 Å². The minimum Gasteiger partial charge on any atom is -0.299 e. The second kappa shape index (κ2) is 10.2. The van der Waals surface area contributed by atoms with Crippen molar-refractivity contribution >= 4 is 5.78 Å². The fourth-order valence-electron chi connectivity index (χ4n) is 10.5. The number of fused-ring (bicyclic) bond motifs is 5. The number of benzene rings is 1. The summed E-state index contributed by atoms with van der Waals surface area (Å²) in [5.74, 6) is 6.03. The van der Waals surface area contributed by atoms with Gasteiger partial charge in [-0.25, -0.2) is 4.39 Å². The molecule has 4 aliphatic carbocycles. The molecule has 1 aromatic rings. The number of carbonyl (C=O) groups is 1. The predicted octanol–water partition coefficient (Wildman–Crippen LogP) is 9.28. The Balaban J connectivity index is 1.31. The number of hydrogen-bond acceptors (Lipinski definition) is 1. The highest BCUT2D eigenvalue weighted by Crippen LogP contribution is 2.68. The van der Waals surface area contributed by atoms with Crippen molar-refractivity contribution in [3.05, 3.63) is 35.6 Å². The zero-order chi connectivity index (χ0) is 25.7. The molecule has 4 fully saturated rings. The molecule has 5 rings (SSSR count). The predicted molar refractivity (Wildman–Crippen MR) is 147 cm³/mol. The number of hydrogen-bond donors (Lipinski definition) is 0. The van der Waals surface area contributed by atoms with E-state index in [1.54, 1.807) is 12.1 Å². The molecule has 36 heavy (non-hydrogen) atoms. The molecule has 0 aliphatic heterocycles. The monoisotopic (exact) mass is 494 g/mol. The lowest BCUT2D eigenvalue weighted by Crippen LogP contribution is -2.56. The summed E-state index contributed by atoms with van der Waals surface area (Å²) in [6.45, 7) is 12.5. The molecule has 0 bridgehead atoms. The van der Waals surface area contributed by atoms with Gasteiger partial charge in [-0.1, -0.05) is 66.0 Å². The van der Waals surface area contributed by atoms with Crippen LogP contribution in [0.5, 0.6) is 0 Å². The van der Waals surface area contributed by atoms with Crippen molar-refractivity contribution in [3.8, 4) is 0 Å². The number of carbonyl (C=O) groups excluding carboxylic acids is 1. The molecule has 1 nitrogen and oxygen atoms in total. The Morgan fingerprint density at radius 3 is 2.28 bits per heavy atom. The number of rotatable bonds is 7. The molecule has 0 spiro atoms. The summed E-state index contributed by atoms with van der Waals surface area (Å²) in [7, 11) is 0. The molecule has 2 heteroatoms. The SMILES string of the molecule is CC(C)CCC[C@@H](C)[C@H]1CC[C@H]2[C@@H]3CC[C@H]4[C@H](Cc5ccc(F)cc5)C(=O)CC[C@]4(C)[C@H]3CC[C@]12C. The van der Waals surface area contributed by atoms with Gasteiger partial charge in [-0.15, -0.1) is 0 Å². The molecular weight excluding hydrogens is 443 g/mol. The van der Waals surface area contributed by atoms with Crippen LogP contribution in [-0.2, 0) is 11.2 Å². The smallest absolute Gasteiger partial charge is 0.136 e. The van der Waals surface area contributed by atoms with Gasteiger partial charge in [0.25, 0.3) is 0 Å². The van der Waals surface area contributed by atoms with Crippen LogP contribution >= 0.6 is 0 Å². The van der Waals surface area contributed by atoms with E-state index in [1.807, 2.05) is 12.1 Å². The molecule has 1 aromatic carbocycles. The molecule has 0 amide bonds. The van der Waals surface area contributed by atoms with Crippen molar-refractivity contribution < 1.29 is 9.18 Å². The van der Waals surface area contributed by atoms with E-state index in [0.29, 0.717) is 22.5 Å². The first-order chi connectivity index (χ1) is 17.1. The minimum atomic E-state index is -0.187. The second-order valence-electron chi connectivity index (χ2n) is 14.5. The maximum Gasteiger partial charge on any atom is 0.136 e. The fourth-order valence-corrected chi connectivity index (χ4v) is 10.5. The Hall–Kier alpha value is -1.18. The normalized spacial score (nSPS) is 41.0. The Morgan fingerprint density at radius 1 is 0.861 bits per heavy atom. The Morgan fingerprint density at radius 2 is 1.56 bits per heavy atom. The van der Waals surface area contributed by atoms with Crippen molar-refractivity contribution in [1.82, 2.24) is 0 Å². The molecule has 0 aromatic heterocycles. The van der Waals surface area contributed by atoms with Crippen LogP contribution in [0.4, 0.5) is 4.39 Å². The number of ketones is 1. The van der Waals surface area contributed by atoms with Crippen molar-refractivity contribution in [2.24, 2.45) is 58.2 Å². The van der Waals surface area contributed by atoms with Gasteiger partial charge in [-0.05, 0) is 121 Å². The van der Waals surface area contributed by atoms with Gasteiger partial charge in [0.1, 0.15) is 11.6 Å². The van der Waals surface area contributed by atoms with Crippen molar-refractivity contribution in [2.75, 3.05) is 0 Å². The summed E-state index contributed by atoms with van der Waals surface area (Å²) in [4.78, 5) is 13.2. The van der Waals surface area contributed by atoms with E-state index in [4.69, 9.17) is 0 Å². The Labute approximate surface area is 220 Å². The molecule has 0 saturated heterocycles. The van der Waals surface area contributed by atoms with Gasteiger partial charge < -0.3 is 0 Å². The first-order valence-corrected chi connectivity index (χ1v) is 15.4. The highest BCUT2D eigenvalue weighted by molar-refractivity contribution is 5.82. The fraction of sp³-hybridized carbons (Fsp3) is 0.794. The summed E-state index contributed by atoms with van der Waals surface area (Å²) in [6, 6.07) is 6.91. The zero-order valence-corrected chi connectivity index (χ0v) is 23.7. The van der Waals surface area contributed by atoms with E-state index < -0.39 is 0 Å². The van der Waals surface area contributed by atoms with Crippen LogP contribution in [0, 0.1) is 64.0 Å². The van der Waals surface area contributed by atoms with Crippen LogP contribution in [0.15, 0.2) is 24.3 Å². The number of halogens is 1. The maximum atomic E-state index is 13.5. The summed E-state index contributed by atoms with van der Waals surface area (Å²) in [6.07, 6.45) is 15.0. The van der Waals surface area contributed by atoms with Gasteiger partial charge in [0.15, 0.2) is 0 Å². The third kappa shape index (κ3) is 4.62. The second-order valence-corrected chi connectivity index (χ2v) is 14.5. The lowest BCUT2D eigenvalue weighted by molar-refractivity contribution is -0.152. The molecule has 9 atom stereocenters. The first-order valence-electron chi connectivity index (χ1n) is 15.4. The maximum absolute atomic E-state index is 13.5. The van der Waals surface area contributed by atoms with Crippen LogP contribution in [0.3, 0.4) is 0 Å². The molecule has 0 heterocycles. The van der Waals surface area contributed by atoms with Crippen molar-refractivity contribution in [2.45, 2.75) is 112 Å². The summed E-state index contributed by atoms with van der Waals surface area (Å²) >= 11 is 0. The largest absolute Gasteiger partial charge is 0.299 e. The van der Waals surface area contributed by atoms with Crippen LogP contribution in [0.2, 0.25) is 0 Å². The van der Waals surface area contributed by atoms with Gasteiger partial charge >= 0.3 is 0 Å². The van der Waals surface area contributed by atoms with Crippen LogP contribution in [0.25, 0.3) is 0 Å². The minimum absolute atomic E-state index is 0.126. The van der Waals surface area contributed by atoms with E-state index in [1.165, 1.54) is 57.8 Å². The molecular formula is C34H51FO. The van der Waals surface area contributed by atoms with Crippen LogP contribution in [-0.4, -0.2) is 5.78 Å². The van der Waals surface area contributed by atoms with Gasteiger partial charge in [0.2, 0.25) is 0 Å². The van der Waals surface area contributed by atoms with E-state index in [0.717, 1.165) is 60.3 Å². The van der Waals surface area contributed by atoms with Gasteiger partial charge in [-0.2, -0.15) is 0 Å². The number of Topliss-reactive ketones (excluding diaryl/α,β-unsaturated/α-hetero) is 1. The highest BCUT2D eigenvalue weighted by atomic mass is 19.1. The van der Waals surface area contributed by atoms with E-state index in [9.17, 15) is 9.18 Å². The summed E-state index contributed by atoms with van der Waals surface area (Å²) in [5, 5.41) is 0. The Bertz CT molecular complexity index is 920. The van der Waals surface area contributed by atoms with Crippen molar-refractivity contribution in [3.63, 3.8) is 0 Å². The summed E-state index contributed by atoms with van der Waals surface area (Å²) in [5.41, 5.74) is 1.95. The van der Waals surface area contributed by atoms with E-state index in [-0.39, 0.29) is 11.7 Å². The third-order valence-electron chi connectivity index (χ3n) is 12.3. The average Bonchev–Trinajstić information content (AvgIpc) is 3.19. The zero-order valence-electron chi connectivity index (χ0n) is 23.7. The van der Waals surface area contributed by atoms with Gasteiger partial charge in [0, 0.05) is 12.3 Å². The lowest BCUT2D eigenvalue weighted by Gasteiger charge is -2.62. The lowest BCUT2D eigenvalue weighted by atomic mass is 9.43. The molecule has 4 aliphatic rings. The quantitative estimate of drug-likeness (QED) is 0.369. The molecule has 0 radical (unpaired) electrons. The average molecular weight is 495 g/mol. The standard InChI is InChI=1S/C34H51FO/c1-22(2)7-6-8-23(3)28-15-16-29-26-13-14-30-27(21-24-9-11-25(35)12-10-24)32(36)18-20-34(30,5)31(26)17-19-33(28,29)4/h9-12,22-23,26-31H,6-8,13-21H2,1-5H3/t23-,26+,27+,28-,29+,30+,31+,33-,34+/m1/s1. The van der Waals surface area contributed by atoms with Crippen molar-refractivity contribution in [1.29, 1.82) is 0 Å². The molecule has 200 valence electrons. The highest BCUT2D eigenvalue weighted by Gasteiger charge is 2.61. The topological polar surface area (TPSA) is 17.1 Å². The molecule has 0 N–H and O–H groups in total. The Kier molecular flexibility index (Phi) is 7.47. The third-order valence-corrected chi connectivity index (χ3v) is 12.3. The van der Waals surface area contributed by atoms with E-state index >= 15 is 0 Å².